The molecule has 3 rings (SSSR count). The lowest BCUT2D eigenvalue weighted by Crippen LogP contribution is -3.06. The van der Waals surface area contributed by atoms with Crippen molar-refractivity contribution < 1.29 is 14.4 Å². The summed E-state index contributed by atoms with van der Waals surface area (Å²) in [6.07, 6.45) is 0. The average molecular weight is 385 g/mol. The molecule has 0 aliphatic carbocycles. The number of nitrogens with one attached hydrogen (secondary N) is 1. The largest absolute Gasteiger partial charge is 0.494 e. The van der Waals surface area contributed by atoms with E-state index in [1.54, 1.807) is 23.3 Å². The van der Waals surface area contributed by atoms with Gasteiger partial charge in [0.1, 0.15) is 11.3 Å². The number of hydrogen-bond acceptors (Lipinski definition) is 4. The van der Waals surface area contributed by atoms with Gasteiger partial charge in [-0.3, -0.25) is 9.69 Å². The zero-order valence-electron chi connectivity index (χ0n) is 16.5. The second-order valence-corrected chi connectivity index (χ2v) is 7.97. The standard InChI is InChI=1S/C21H25N3O2S/c1-14-8-6-7-9-16(14)20(25)24(13-12-23(3)4)21-22-18-17(26-5)11-10-15(2)19(18)27-21/h6-11H,12-13H2,1-5H3/p+1. The maximum absolute atomic E-state index is 13.3. The Hall–Kier alpha value is -2.44. The molecule has 1 aromatic heterocycles. The van der Waals surface area contributed by atoms with Crippen molar-refractivity contribution in [3.8, 4) is 5.75 Å². The van der Waals surface area contributed by atoms with Crippen LogP contribution in [0.2, 0.25) is 0 Å². The number of nitrogens with zero attached hydrogens (tertiary/aromatic N) is 2. The number of likely N-dealkylation sites (N-methyl/N-ethyl adjacent to an activating group) is 1. The quantitative estimate of drug-likeness (QED) is 0.711. The lowest BCUT2D eigenvalue weighted by Gasteiger charge is -2.21. The summed E-state index contributed by atoms with van der Waals surface area (Å²) >= 11 is 1.55. The predicted molar refractivity (Wildman–Crippen MR) is 111 cm³/mol. The second-order valence-electron chi connectivity index (χ2n) is 6.99. The Balaban J connectivity index is 2.08. The van der Waals surface area contributed by atoms with Crippen molar-refractivity contribution in [2.24, 2.45) is 0 Å². The van der Waals surface area contributed by atoms with Crippen LogP contribution in [0.1, 0.15) is 21.5 Å². The minimum absolute atomic E-state index is 0.00924. The van der Waals surface area contributed by atoms with Gasteiger partial charge in [-0.1, -0.05) is 35.6 Å². The summed E-state index contributed by atoms with van der Waals surface area (Å²) in [5, 5.41) is 0.715. The van der Waals surface area contributed by atoms with Crippen molar-refractivity contribution in [2.45, 2.75) is 13.8 Å². The Morgan fingerprint density at radius 1 is 1.15 bits per heavy atom. The van der Waals surface area contributed by atoms with Crippen LogP contribution in [-0.4, -0.2) is 45.2 Å². The topological polar surface area (TPSA) is 46.9 Å². The number of quaternary nitrogens is 1. The van der Waals surface area contributed by atoms with Gasteiger partial charge in [0.05, 0.1) is 39.0 Å². The fourth-order valence-corrected chi connectivity index (χ4v) is 4.03. The first kappa shape index (κ1) is 19.3. The molecular weight excluding hydrogens is 358 g/mol. The Kier molecular flexibility index (Phi) is 5.77. The van der Waals surface area contributed by atoms with Crippen molar-refractivity contribution in [1.29, 1.82) is 0 Å². The Morgan fingerprint density at radius 2 is 1.89 bits per heavy atom. The minimum Gasteiger partial charge on any atom is -0.494 e. The molecule has 0 spiro atoms. The monoisotopic (exact) mass is 384 g/mol. The third-order valence-corrected chi connectivity index (χ3v) is 5.81. The van der Waals surface area contributed by atoms with Crippen LogP contribution in [0.5, 0.6) is 5.75 Å². The number of carbonyl (C=O) groups excluding carboxylic acids is 1. The van der Waals surface area contributed by atoms with Crippen LogP contribution < -0.4 is 14.5 Å². The summed E-state index contributed by atoms with van der Waals surface area (Å²) in [6, 6.07) is 11.7. The number of benzene rings is 2. The highest BCUT2D eigenvalue weighted by Crippen LogP contribution is 2.36. The fraction of sp³-hybridized carbons (Fsp3) is 0.333. The molecule has 2 aromatic carbocycles. The Bertz CT molecular complexity index is 965. The van der Waals surface area contributed by atoms with Gasteiger partial charge in [0, 0.05) is 5.56 Å². The van der Waals surface area contributed by atoms with Gasteiger partial charge in [-0.25, -0.2) is 4.98 Å². The van der Waals surface area contributed by atoms with E-state index in [4.69, 9.17) is 9.72 Å². The summed E-state index contributed by atoms with van der Waals surface area (Å²) in [4.78, 5) is 21.2. The molecule has 5 nitrogen and oxygen atoms in total. The number of methoxy groups -OCH3 is 1. The summed E-state index contributed by atoms with van der Waals surface area (Å²) in [6.45, 7) is 5.47. The minimum atomic E-state index is -0.00924. The summed E-state index contributed by atoms with van der Waals surface area (Å²) < 4.78 is 6.53. The Labute approximate surface area is 164 Å². The molecule has 0 unspecified atom stereocenters. The summed E-state index contributed by atoms with van der Waals surface area (Å²) in [5.74, 6) is 0.727. The van der Waals surface area contributed by atoms with Crippen molar-refractivity contribution in [2.75, 3.05) is 39.2 Å². The van der Waals surface area contributed by atoms with Crippen LogP contribution in [0.25, 0.3) is 10.2 Å². The molecular formula is C21H26N3O2S+. The van der Waals surface area contributed by atoms with E-state index in [-0.39, 0.29) is 5.91 Å². The van der Waals surface area contributed by atoms with E-state index in [0.717, 1.165) is 33.6 Å². The number of thiazole rings is 1. The van der Waals surface area contributed by atoms with Crippen molar-refractivity contribution in [3.63, 3.8) is 0 Å². The molecule has 0 saturated carbocycles. The van der Waals surface area contributed by atoms with E-state index >= 15 is 0 Å². The lowest BCUT2D eigenvalue weighted by molar-refractivity contribution is -0.856. The van der Waals surface area contributed by atoms with Gasteiger partial charge in [-0.2, -0.15) is 0 Å². The molecule has 142 valence electrons. The van der Waals surface area contributed by atoms with E-state index in [1.165, 1.54) is 4.90 Å². The first-order chi connectivity index (χ1) is 12.9. The number of aryl methyl sites for hydroxylation is 2. The summed E-state index contributed by atoms with van der Waals surface area (Å²) in [7, 11) is 5.82. The maximum Gasteiger partial charge on any atom is 0.260 e. The predicted octanol–water partition coefficient (Wildman–Crippen LogP) is 2.71. The van der Waals surface area contributed by atoms with Crippen molar-refractivity contribution in [1.82, 2.24) is 4.98 Å². The molecule has 3 aromatic rings. The highest BCUT2D eigenvalue weighted by molar-refractivity contribution is 7.22. The van der Waals surface area contributed by atoms with Gasteiger partial charge >= 0.3 is 0 Å². The van der Waals surface area contributed by atoms with Gasteiger partial charge in [0.2, 0.25) is 0 Å². The van der Waals surface area contributed by atoms with Gasteiger partial charge in [-0.05, 0) is 37.1 Å². The van der Waals surface area contributed by atoms with Gasteiger partial charge in [0.25, 0.3) is 5.91 Å². The van der Waals surface area contributed by atoms with E-state index in [0.29, 0.717) is 17.2 Å². The van der Waals surface area contributed by atoms with Crippen molar-refractivity contribution >= 4 is 32.6 Å². The number of carbonyl (C=O) groups is 1. The number of anilines is 1. The number of ether oxygens (including phenoxy) is 1. The zero-order chi connectivity index (χ0) is 19.6. The summed E-state index contributed by atoms with van der Waals surface area (Å²) in [5.41, 5.74) is 3.64. The fourth-order valence-electron chi connectivity index (χ4n) is 2.96. The van der Waals surface area contributed by atoms with Crippen LogP contribution in [0.3, 0.4) is 0 Å². The molecule has 27 heavy (non-hydrogen) atoms. The first-order valence-electron chi connectivity index (χ1n) is 9.03. The molecule has 0 bridgehead atoms. The van der Waals surface area contributed by atoms with Gasteiger partial charge in [-0.15, -0.1) is 0 Å². The molecule has 1 heterocycles. The van der Waals surface area contributed by atoms with Crippen LogP contribution in [0, 0.1) is 13.8 Å². The number of amides is 1. The molecule has 0 aliphatic heterocycles. The SMILES string of the molecule is COc1ccc(C)c2sc(N(CC[NH+](C)C)C(=O)c3ccccc3C)nc12. The van der Waals surface area contributed by atoms with E-state index in [2.05, 4.69) is 21.0 Å². The third kappa shape index (κ3) is 3.96. The molecule has 1 amide bonds. The average Bonchev–Trinajstić information content (AvgIpc) is 3.08. The van der Waals surface area contributed by atoms with Gasteiger partial charge < -0.3 is 9.64 Å². The number of rotatable bonds is 6. The molecule has 0 saturated heterocycles. The zero-order valence-corrected chi connectivity index (χ0v) is 17.3. The number of fused-ring (bicyclic) bond motifs is 1. The first-order valence-corrected chi connectivity index (χ1v) is 9.84. The molecule has 1 N–H and O–H groups in total. The number of aromatic nitrogens is 1. The van der Waals surface area contributed by atoms with Gasteiger partial charge in [0.15, 0.2) is 5.13 Å². The maximum atomic E-state index is 13.3. The molecule has 0 aliphatic rings. The van der Waals surface area contributed by atoms with E-state index in [1.807, 2.05) is 43.3 Å². The van der Waals surface area contributed by atoms with E-state index in [9.17, 15) is 4.79 Å². The third-order valence-electron chi connectivity index (χ3n) is 4.60. The highest BCUT2D eigenvalue weighted by Gasteiger charge is 2.24. The lowest BCUT2D eigenvalue weighted by atomic mass is 10.1. The highest BCUT2D eigenvalue weighted by atomic mass is 32.1. The van der Waals surface area contributed by atoms with Crippen LogP contribution in [0.4, 0.5) is 5.13 Å². The molecule has 0 fully saturated rings. The van der Waals surface area contributed by atoms with Crippen LogP contribution in [-0.2, 0) is 0 Å². The van der Waals surface area contributed by atoms with Crippen LogP contribution >= 0.6 is 11.3 Å². The molecule has 0 atom stereocenters. The smallest absolute Gasteiger partial charge is 0.260 e. The normalized spacial score (nSPS) is 11.2. The van der Waals surface area contributed by atoms with E-state index < -0.39 is 0 Å². The molecule has 6 heteroatoms. The molecule has 0 radical (unpaired) electrons. The van der Waals surface area contributed by atoms with Crippen LogP contribution in [0.15, 0.2) is 36.4 Å². The number of hydrogen-bond donors (Lipinski definition) is 1. The Morgan fingerprint density at radius 3 is 2.56 bits per heavy atom. The van der Waals surface area contributed by atoms with Crippen molar-refractivity contribution in [3.05, 3.63) is 53.1 Å². The second kappa shape index (κ2) is 8.06.